The van der Waals surface area contributed by atoms with Crippen molar-refractivity contribution in [1.29, 1.82) is 5.26 Å². The molecule has 2 aromatic heterocycles. The maximum absolute atomic E-state index is 13.6. The quantitative estimate of drug-likeness (QED) is 0.379. The van der Waals surface area contributed by atoms with Crippen LogP contribution in [0.25, 0.3) is 0 Å². The predicted molar refractivity (Wildman–Crippen MR) is 116 cm³/mol. The summed E-state index contributed by atoms with van der Waals surface area (Å²) in [6.45, 7) is 2.17. The lowest BCUT2D eigenvalue weighted by atomic mass is 10.0. The van der Waals surface area contributed by atoms with E-state index in [4.69, 9.17) is 5.26 Å². The van der Waals surface area contributed by atoms with Crippen molar-refractivity contribution in [2.45, 2.75) is 44.7 Å². The van der Waals surface area contributed by atoms with E-state index in [2.05, 4.69) is 26.0 Å². The molecule has 34 heavy (non-hydrogen) atoms. The molecular weight excluding hydrogens is 441 g/mol. The second kappa shape index (κ2) is 7.91. The van der Waals surface area contributed by atoms with Crippen LogP contribution in [-0.2, 0) is 23.3 Å². The monoisotopic (exact) mass is 461 g/mol. The zero-order chi connectivity index (χ0) is 24.0. The molecule has 2 amide bonds. The molecule has 11 heteroatoms. The Morgan fingerprint density at radius 3 is 2.76 bits per heavy atom. The first-order valence-corrected chi connectivity index (χ1v) is 10.8. The minimum Gasteiger partial charge on any atom is -0.340 e. The molecule has 3 heterocycles. The van der Waals surface area contributed by atoms with Gasteiger partial charge in [0.25, 0.3) is 17.6 Å². The first-order valence-electron chi connectivity index (χ1n) is 10.8. The van der Waals surface area contributed by atoms with Gasteiger partial charge in [-0.15, -0.1) is 0 Å². The van der Waals surface area contributed by atoms with Gasteiger partial charge < -0.3 is 15.2 Å². The van der Waals surface area contributed by atoms with Gasteiger partial charge in [-0.25, -0.2) is 4.39 Å². The van der Waals surface area contributed by atoms with Crippen molar-refractivity contribution >= 4 is 23.3 Å². The van der Waals surface area contributed by atoms with Crippen LogP contribution < -0.4 is 10.6 Å². The van der Waals surface area contributed by atoms with Gasteiger partial charge >= 0.3 is 0 Å². The van der Waals surface area contributed by atoms with Gasteiger partial charge in [0.1, 0.15) is 23.3 Å². The van der Waals surface area contributed by atoms with Crippen LogP contribution in [0, 0.1) is 24.1 Å². The molecule has 10 nitrogen and oxygen atoms in total. The zero-order valence-electron chi connectivity index (χ0n) is 18.2. The van der Waals surface area contributed by atoms with E-state index >= 15 is 0 Å². The van der Waals surface area contributed by atoms with Crippen molar-refractivity contribution in [3.63, 3.8) is 0 Å². The highest BCUT2D eigenvalue weighted by Gasteiger charge is 2.49. The maximum Gasteiger partial charge on any atom is 0.293 e. The van der Waals surface area contributed by atoms with Gasteiger partial charge in [-0.05, 0) is 56.4 Å². The number of carbonyl (C=O) groups excluding carboxylic acids is 3. The molecule has 3 N–H and O–H groups in total. The summed E-state index contributed by atoms with van der Waals surface area (Å²) >= 11 is 0. The summed E-state index contributed by atoms with van der Waals surface area (Å²) in [7, 11) is 0. The summed E-state index contributed by atoms with van der Waals surface area (Å²) in [6.07, 6.45) is 4.12. The van der Waals surface area contributed by atoms with Crippen molar-refractivity contribution in [3.8, 4) is 6.07 Å². The molecule has 0 saturated heterocycles. The molecule has 2 aliphatic rings. The standard InChI is InChI=1S/C23H20FN7O3/c1-12-18(20(32)22(34)28-23(6-7-23)17-11-26-30-29-17)16-3-2-8-31(16)19(12)21(33)27-14-4-5-15(24)13(9-14)10-25/h4-5,9,11H,2-3,6-8H2,1H3,(H,27,33)(H,28,34)(H,26,29,30). The lowest BCUT2D eigenvalue weighted by Gasteiger charge is -2.14. The summed E-state index contributed by atoms with van der Waals surface area (Å²) in [5, 5.41) is 24.8. The third kappa shape index (κ3) is 3.44. The third-order valence-corrected chi connectivity index (χ3v) is 6.41. The van der Waals surface area contributed by atoms with E-state index in [0.717, 1.165) is 12.5 Å². The zero-order valence-corrected chi connectivity index (χ0v) is 18.2. The number of nitrogens with one attached hydrogen (secondary N) is 3. The summed E-state index contributed by atoms with van der Waals surface area (Å²) in [4.78, 5) is 39.3. The maximum atomic E-state index is 13.6. The van der Waals surface area contributed by atoms with E-state index in [-0.39, 0.29) is 22.5 Å². The van der Waals surface area contributed by atoms with E-state index in [1.165, 1.54) is 18.3 Å². The van der Waals surface area contributed by atoms with Crippen molar-refractivity contribution in [2.24, 2.45) is 0 Å². The largest absolute Gasteiger partial charge is 0.340 e. The van der Waals surface area contributed by atoms with Gasteiger partial charge in [0.05, 0.1) is 22.9 Å². The van der Waals surface area contributed by atoms with Gasteiger partial charge in [0, 0.05) is 17.9 Å². The Balaban J connectivity index is 1.43. The van der Waals surface area contributed by atoms with Crippen LogP contribution in [0.4, 0.5) is 10.1 Å². The number of fused-ring (bicyclic) bond motifs is 1. The van der Waals surface area contributed by atoms with Crippen LogP contribution in [0.15, 0.2) is 24.4 Å². The molecule has 0 bridgehead atoms. The average Bonchev–Trinajstić information content (AvgIpc) is 3.17. The number of hydrogen-bond acceptors (Lipinski definition) is 6. The molecule has 0 spiro atoms. The molecule has 1 fully saturated rings. The van der Waals surface area contributed by atoms with Crippen LogP contribution in [0.5, 0.6) is 0 Å². The highest BCUT2D eigenvalue weighted by atomic mass is 19.1. The Labute approximate surface area is 193 Å². The molecule has 0 atom stereocenters. The fraction of sp³-hybridized carbons (Fsp3) is 0.304. The lowest BCUT2D eigenvalue weighted by Crippen LogP contribution is -2.40. The summed E-state index contributed by atoms with van der Waals surface area (Å²) in [5.41, 5.74) is 1.48. The number of Topliss-reactive ketones (excluding diaryl/α,β-unsaturated/α-hetero) is 1. The second-order valence-electron chi connectivity index (χ2n) is 8.53. The van der Waals surface area contributed by atoms with Crippen molar-refractivity contribution in [3.05, 3.63) is 64.0 Å². The van der Waals surface area contributed by atoms with Gasteiger partial charge in [0.2, 0.25) is 0 Å². The predicted octanol–water partition coefficient (Wildman–Crippen LogP) is 2.11. The normalized spacial score (nSPS) is 15.3. The topological polar surface area (TPSA) is 146 Å². The SMILES string of the molecule is Cc1c(C(=O)C(=O)NC2(c3cn[nH]n3)CC2)c2n(c1C(=O)Nc1ccc(F)c(C#N)c1)CCC2. The number of amides is 2. The van der Waals surface area contributed by atoms with Crippen LogP contribution in [0.3, 0.4) is 0 Å². The van der Waals surface area contributed by atoms with Gasteiger partial charge in [-0.2, -0.15) is 20.7 Å². The van der Waals surface area contributed by atoms with Crippen molar-refractivity contribution in [1.82, 2.24) is 25.3 Å². The van der Waals surface area contributed by atoms with Gasteiger partial charge in [-0.1, -0.05) is 0 Å². The number of benzene rings is 1. The molecule has 0 unspecified atom stereocenters. The van der Waals surface area contributed by atoms with E-state index in [1.807, 2.05) is 0 Å². The molecule has 0 radical (unpaired) electrons. The Morgan fingerprint density at radius 1 is 1.29 bits per heavy atom. The number of nitriles is 1. The Morgan fingerprint density at radius 2 is 2.09 bits per heavy atom. The fourth-order valence-electron chi connectivity index (χ4n) is 4.58. The molecule has 3 aromatic rings. The minimum absolute atomic E-state index is 0.191. The second-order valence-corrected chi connectivity index (χ2v) is 8.53. The van der Waals surface area contributed by atoms with Crippen LogP contribution in [0.2, 0.25) is 0 Å². The highest BCUT2D eigenvalue weighted by molar-refractivity contribution is 6.44. The molecule has 172 valence electrons. The Hall–Kier alpha value is -4.33. The van der Waals surface area contributed by atoms with Crippen molar-refractivity contribution < 1.29 is 18.8 Å². The third-order valence-electron chi connectivity index (χ3n) is 6.41. The van der Waals surface area contributed by atoms with E-state index < -0.39 is 29.0 Å². The lowest BCUT2D eigenvalue weighted by molar-refractivity contribution is -0.118. The number of rotatable bonds is 6. The van der Waals surface area contributed by atoms with Crippen molar-refractivity contribution in [2.75, 3.05) is 5.32 Å². The average molecular weight is 461 g/mol. The fourth-order valence-corrected chi connectivity index (χ4v) is 4.58. The number of aromatic nitrogens is 4. The minimum atomic E-state index is -0.756. The first-order chi connectivity index (χ1) is 16.3. The molecule has 1 aromatic carbocycles. The van der Waals surface area contributed by atoms with E-state index in [1.54, 1.807) is 17.6 Å². The summed E-state index contributed by atoms with van der Waals surface area (Å²) in [6, 6.07) is 5.44. The molecule has 5 rings (SSSR count). The number of anilines is 1. The number of carbonyl (C=O) groups is 3. The first kappa shape index (κ1) is 21.5. The van der Waals surface area contributed by atoms with Crippen LogP contribution >= 0.6 is 0 Å². The summed E-state index contributed by atoms with van der Waals surface area (Å²) in [5.74, 6) is -2.64. The van der Waals surface area contributed by atoms with E-state index in [0.29, 0.717) is 42.8 Å². The van der Waals surface area contributed by atoms with Gasteiger partial charge in [-0.3, -0.25) is 14.4 Å². The molecule has 1 aliphatic heterocycles. The Kier molecular flexibility index (Phi) is 5.01. The van der Waals surface area contributed by atoms with Gasteiger partial charge in [0.15, 0.2) is 0 Å². The number of halogens is 1. The highest BCUT2D eigenvalue weighted by Crippen LogP contribution is 2.44. The number of hydrogen-bond donors (Lipinski definition) is 3. The molecular formula is C23H20FN7O3. The smallest absolute Gasteiger partial charge is 0.293 e. The van der Waals surface area contributed by atoms with Crippen LogP contribution in [0.1, 0.15) is 62.6 Å². The number of nitrogens with zero attached hydrogens (tertiary/aromatic N) is 4. The van der Waals surface area contributed by atoms with E-state index in [9.17, 15) is 18.8 Å². The summed E-state index contributed by atoms with van der Waals surface area (Å²) < 4.78 is 15.4. The molecule has 1 aliphatic carbocycles. The molecule has 1 saturated carbocycles. The van der Waals surface area contributed by atoms with Crippen LogP contribution in [-0.4, -0.2) is 37.6 Å². The Bertz CT molecular complexity index is 1380. The number of H-pyrrole nitrogens is 1. The number of aromatic amines is 1. The number of ketones is 1.